The lowest BCUT2D eigenvalue weighted by molar-refractivity contribution is 0.0856. The summed E-state index contributed by atoms with van der Waals surface area (Å²) in [6.07, 6.45) is 2.26. The van der Waals surface area contributed by atoms with E-state index >= 15 is 0 Å². The molecule has 0 spiro atoms. The number of anilines is 1. The molecule has 6 nitrogen and oxygen atoms in total. The molecule has 0 amide bonds. The summed E-state index contributed by atoms with van der Waals surface area (Å²) in [5, 5.41) is 0. The summed E-state index contributed by atoms with van der Waals surface area (Å²) in [7, 11) is 9.21. The lowest BCUT2D eigenvalue weighted by Gasteiger charge is -2.33. The molecule has 1 fully saturated rings. The number of aryl methyl sites for hydroxylation is 1. The van der Waals surface area contributed by atoms with Gasteiger partial charge in [0.2, 0.25) is 0 Å². The Morgan fingerprint density at radius 1 is 1.38 bits per heavy atom. The summed E-state index contributed by atoms with van der Waals surface area (Å²) in [6.45, 7) is 4.30. The molecule has 3 rings (SSSR count). The highest BCUT2D eigenvalue weighted by Crippen LogP contribution is 2.25. The first-order valence-corrected chi connectivity index (χ1v) is 8.52. The second-order valence-electron chi connectivity index (χ2n) is 6.68. The Kier molecular flexibility index (Phi) is 5.31. The van der Waals surface area contributed by atoms with Crippen LogP contribution in [0.5, 0.6) is 0 Å². The third-order valence-corrected chi connectivity index (χ3v) is 4.81. The van der Waals surface area contributed by atoms with E-state index in [0.717, 1.165) is 50.1 Å². The summed E-state index contributed by atoms with van der Waals surface area (Å²) >= 11 is 0. The van der Waals surface area contributed by atoms with E-state index < -0.39 is 0 Å². The molecule has 0 atom stereocenters. The van der Waals surface area contributed by atoms with E-state index in [0.29, 0.717) is 12.5 Å². The van der Waals surface area contributed by atoms with Gasteiger partial charge in [-0.25, -0.2) is 4.79 Å². The van der Waals surface area contributed by atoms with Crippen molar-refractivity contribution >= 4 is 24.7 Å². The predicted molar refractivity (Wildman–Crippen MR) is 97.7 cm³/mol. The van der Waals surface area contributed by atoms with Gasteiger partial charge >= 0.3 is 5.69 Å². The maximum absolute atomic E-state index is 11.7. The number of likely N-dealkylation sites (N-methyl/N-ethyl adjacent to an activating group) is 1. The number of aromatic nitrogens is 2. The second kappa shape index (κ2) is 7.44. The van der Waals surface area contributed by atoms with Gasteiger partial charge in [-0.05, 0) is 44.0 Å². The van der Waals surface area contributed by atoms with Gasteiger partial charge in [-0.1, -0.05) is 0 Å². The standard InChI is InChI=1S/C17H25BN4O2/c1-20(18)9-10-24-12-13-5-7-22(8-6-13)14-3-4-15-16(11-14)21(2)17(23)19-15/h3-4,11,13H,5-10,12H2,1-2H3,(H,19,23). The number of aromatic amines is 1. The predicted octanol–water partition coefficient (Wildman–Crippen LogP) is 1.11. The summed E-state index contributed by atoms with van der Waals surface area (Å²) in [4.78, 5) is 18.6. The number of nitrogens with one attached hydrogen (secondary N) is 1. The number of piperidine rings is 1. The summed E-state index contributed by atoms with van der Waals surface area (Å²) in [5.74, 6) is 0.615. The Morgan fingerprint density at radius 2 is 2.12 bits per heavy atom. The molecule has 24 heavy (non-hydrogen) atoms. The maximum atomic E-state index is 11.7. The molecule has 2 aromatic rings. The normalized spacial score (nSPS) is 16.4. The Balaban J connectivity index is 1.55. The van der Waals surface area contributed by atoms with Crippen LogP contribution >= 0.6 is 0 Å². The van der Waals surface area contributed by atoms with Gasteiger partial charge in [0, 0.05) is 39.0 Å². The van der Waals surface area contributed by atoms with E-state index in [1.807, 2.05) is 13.1 Å². The SMILES string of the molecule is [B]N(C)CCOCC1CCN(c2ccc3[nH]c(=O)n(C)c3c2)CC1. The largest absolute Gasteiger partial charge is 0.380 e. The zero-order valence-corrected chi connectivity index (χ0v) is 14.5. The van der Waals surface area contributed by atoms with Crippen LogP contribution in [-0.4, -0.2) is 62.2 Å². The number of hydrogen-bond donors (Lipinski definition) is 1. The van der Waals surface area contributed by atoms with Gasteiger partial charge in [0.15, 0.2) is 7.98 Å². The van der Waals surface area contributed by atoms with Gasteiger partial charge in [-0.15, -0.1) is 0 Å². The zero-order valence-electron chi connectivity index (χ0n) is 14.5. The molecule has 128 valence electrons. The molecule has 7 heteroatoms. The number of hydrogen-bond acceptors (Lipinski definition) is 4. The average Bonchev–Trinajstić information content (AvgIpc) is 2.86. The minimum absolute atomic E-state index is 0.0684. The summed E-state index contributed by atoms with van der Waals surface area (Å²) < 4.78 is 7.38. The minimum Gasteiger partial charge on any atom is -0.380 e. The van der Waals surface area contributed by atoms with Crippen LogP contribution in [0.1, 0.15) is 12.8 Å². The number of ether oxygens (including phenoxy) is 1. The van der Waals surface area contributed by atoms with Crippen LogP contribution in [0.3, 0.4) is 0 Å². The average molecular weight is 328 g/mol. The van der Waals surface area contributed by atoms with Gasteiger partial charge in [0.25, 0.3) is 0 Å². The van der Waals surface area contributed by atoms with Gasteiger partial charge in [0.05, 0.1) is 17.6 Å². The van der Waals surface area contributed by atoms with Gasteiger partial charge in [-0.2, -0.15) is 0 Å². The van der Waals surface area contributed by atoms with Crippen LogP contribution in [0, 0.1) is 5.92 Å². The molecular formula is C17H25BN4O2. The molecule has 1 aromatic heterocycles. The van der Waals surface area contributed by atoms with E-state index in [1.165, 1.54) is 5.69 Å². The van der Waals surface area contributed by atoms with Gasteiger partial charge in [-0.3, -0.25) is 4.57 Å². The highest BCUT2D eigenvalue weighted by Gasteiger charge is 2.20. The second-order valence-corrected chi connectivity index (χ2v) is 6.68. The molecule has 1 aliphatic heterocycles. The maximum Gasteiger partial charge on any atom is 0.326 e. The first-order valence-electron chi connectivity index (χ1n) is 8.52. The molecular weight excluding hydrogens is 303 g/mol. The van der Waals surface area contributed by atoms with Crippen molar-refractivity contribution in [1.29, 1.82) is 0 Å². The van der Waals surface area contributed by atoms with Crippen LogP contribution in [-0.2, 0) is 11.8 Å². The van der Waals surface area contributed by atoms with E-state index in [9.17, 15) is 4.79 Å². The summed E-state index contributed by atoms with van der Waals surface area (Å²) in [5.41, 5.74) is 2.95. The monoisotopic (exact) mass is 328 g/mol. The van der Waals surface area contributed by atoms with E-state index in [4.69, 9.17) is 12.7 Å². The zero-order chi connectivity index (χ0) is 17.1. The van der Waals surface area contributed by atoms with Crippen molar-refractivity contribution in [2.24, 2.45) is 13.0 Å². The van der Waals surface area contributed by atoms with Crippen molar-refractivity contribution in [2.75, 3.05) is 44.8 Å². The Labute approximate surface area is 143 Å². The third kappa shape index (κ3) is 3.84. The Hall–Kier alpha value is -1.73. The van der Waals surface area contributed by atoms with Crippen LogP contribution in [0.4, 0.5) is 5.69 Å². The fourth-order valence-electron chi connectivity index (χ4n) is 3.22. The molecule has 2 heterocycles. The number of fused-ring (bicyclic) bond motifs is 1. The van der Waals surface area contributed by atoms with Crippen LogP contribution in [0.15, 0.2) is 23.0 Å². The lowest BCUT2D eigenvalue weighted by Crippen LogP contribution is -2.35. The number of nitrogens with zero attached hydrogens (tertiary/aromatic N) is 3. The van der Waals surface area contributed by atoms with Crippen LogP contribution < -0.4 is 10.6 Å². The fraction of sp³-hybridized carbons (Fsp3) is 0.588. The first-order chi connectivity index (χ1) is 11.5. The quantitative estimate of drug-likeness (QED) is 0.638. The summed E-state index contributed by atoms with van der Waals surface area (Å²) in [6, 6.07) is 6.18. The molecule has 1 N–H and O–H groups in total. The highest BCUT2D eigenvalue weighted by molar-refractivity contribution is 6.04. The smallest absolute Gasteiger partial charge is 0.326 e. The molecule has 0 aliphatic carbocycles. The van der Waals surface area contributed by atoms with Crippen molar-refractivity contribution in [2.45, 2.75) is 12.8 Å². The first kappa shape index (κ1) is 17.1. The molecule has 0 saturated carbocycles. The molecule has 0 bridgehead atoms. The van der Waals surface area contributed by atoms with Crippen LogP contribution in [0.25, 0.3) is 11.0 Å². The van der Waals surface area contributed by atoms with E-state index in [-0.39, 0.29) is 5.69 Å². The molecule has 1 saturated heterocycles. The number of benzene rings is 1. The third-order valence-electron chi connectivity index (χ3n) is 4.81. The molecule has 0 unspecified atom stereocenters. The Bertz CT molecular complexity index is 732. The number of rotatable bonds is 6. The molecule has 1 aromatic carbocycles. The molecule has 2 radical (unpaired) electrons. The van der Waals surface area contributed by atoms with Crippen molar-refractivity contribution in [1.82, 2.24) is 14.4 Å². The molecule has 1 aliphatic rings. The van der Waals surface area contributed by atoms with Gasteiger partial charge < -0.3 is 19.4 Å². The highest BCUT2D eigenvalue weighted by atomic mass is 16.5. The van der Waals surface area contributed by atoms with E-state index in [1.54, 1.807) is 16.4 Å². The van der Waals surface area contributed by atoms with Crippen molar-refractivity contribution in [3.63, 3.8) is 0 Å². The number of H-pyrrole nitrogens is 1. The topological polar surface area (TPSA) is 53.5 Å². The van der Waals surface area contributed by atoms with Crippen molar-refractivity contribution in [3.8, 4) is 0 Å². The lowest BCUT2D eigenvalue weighted by atomic mass is 9.97. The minimum atomic E-state index is -0.0684. The fourth-order valence-corrected chi connectivity index (χ4v) is 3.22. The van der Waals surface area contributed by atoms with Crippen molar-refractivity contribution in [3.05, 3.63) is 28.7 Å². The van der Waals surface area contributed by atoms with Crippen LogP contribution in [0.2, 0.25) is 0 Å². The van der Waals surface area contributed by atoms with Crippen molar-refractivity contribution < 1.29 is 4.74 Å². The Morgan fingerprint density at radius 3 is 2.83 bits per heavy atom. The van der Waals surface area contributed by atoms with Gasteiger partial charge in [0.1, 0.15) is 0 Å². The van der Waals surface area contributed by atoms with E-state index in [2.05, 4.69) is 22.0 Å². The number of imidazole rings is 1.